The average Bonchev–Trinajstić information content (AvgIpc) is 3.28. The molecule has 0 aliphatic carbocycles. The number of amides is 3. The standard InChI is InChI=1S/C30H33N5O2/c1-21(2)19-34(30(37)31-25-12-8-9-23(4)17-25)20-29(36)32-28-18-27(24-10-6-5-7-11-24)33-35(28)26-15-13-22(3)14-16-26/h5-18,21H,19-20H2,1-4H3,(H,31,37)(H,32,36). The van der Waals surface area contributed by atoms with Crippen LogP contribution in [0.15, 0.2) is 84.9 Å². The fraction of sp³-hybridized carbons (Fsp3) is 0.233. The third kappa shape index (κ3) is 6.85. The number of aromatic nitrogens is 2. The van der Waals surface area contributed by atoms with E-state index in [1.807, 2.05) is 113 Å². The highest BCUT2D eigenvalue weighted by Crippen LogP contribution is 2.25. The number of carbonyl (C=O) groups excluding carboxylic acids is 2. The highest BCUT2D eigenvalue weighted by molar-refractivity contribution is 5.97. The molecule has 2 N–H and O–H groups in total. The summed E-state index contributed by atoms with van der Waals surface area (Å²) in [5.41, 5.74) is 5.40. The molecule has 0 bridgehead atoms. The van der Waals surface area contributed by atoms with Crippen molar-refractivity contribution in [3.63, 3.8) is 0 Å². The molecule has 0 spiro atoms. The lowest BCUT2D eigenvalue weighted by molar-refractivity contribution is -0.116. The molecular weight excluding hydrogens is 462 g/mol. The third-order valence-electron chi connectivity index (χ3n) is 5.80. The summed E-state index contributed by atoms with van der Waals surface area (Å²) >= 11 is 0. The van der Waals surface area contributed by atoms with Crippen molar-refractivity contribution in [1.29, 1.82) is 0 Å². The second-order valence-electron chi connectivity index (χ2n) is 9.65. The minimum Gasteiger partial charge on any atom is -0.315 e. The normalized spacial score (nSPS) is 10.8. The van der Waals surface area contributed by atoms with Gasteiger partial charge in [-0.05, 0) is 49.6 Å². The van der Waals surface area contributed by atoms with Crippen molar-refractivity contribution in [3.8, 4) is 16.9 Å². The van der Waals surface area contributed by atoms with Crippen LogP contribution in [0.3, 0.4) is 0 Å². The van der Waals surface area contributed by atoms with Gasteiger partial charge in [-0.25, -0.2) is 9.48 Å². The van der Waals surface area contributed by atoms with Crippen LogP contribution in [0.2, 0.25) is 0 Å². The number of nitrogens with one attached hydrogen (secondary N) is 2. The second kappa shape index (κ2) is 11.6. The number of aryl methyl sites for hydroxylation is 2. The Morgan fingerprint density at radius 3 is 2.27 bits per heavy atom. The lowest BCUT2D eigenvalue weighted by atomic mass is 10.1. The number of urea groups is 1. The van der Waals surface area contributed by atoms with Crippen LogP contribution >= 0.6 is 0 Å². The molecule has 1 heterocycles. The van der Waals surface area contributed by atoms with Crippen LogP contribution in [0.5, 0.6) is 0 Å². The minimum atomic E-state index is -0.313. The number of nitrogens with zero attached hydrogens (tertiary/aromatic N) is 3. The van der Waals surface area contributed by atoms with Crippen LogP contribution in [-0.4, -0.2) is 39.7 Å². The molecule has 0 atom stereocenters. The lowest BCUT2D eigenvalue weighted by Crippen LogP contribution is -2.42. The van der Waals surface area contributed by atoms with Crippen LogP contribution < -0.4 is 10.6 Å². The van der Waals surface area contributed by atoms with Crippen molar-refractivity contribution in [3.05, 3.63) is 96.1 Å². The summed E-state index contributed by atoms with van der Waals surface area (Å²) in [6.07, 6.45) is 0. The maximum Gasteiger partial charge on any atom is 0.322 e. The van der Waals surface area contributed by atoms with Crippen molar-refractivity contribution >= 4 is 23.4 Å². The van der Waals surface area contributed by atoms with E-state index in [4.69, 9.17) is 5.10 Å². The fourth-order valence-corrected chi connectivity index (χ4v) is 4.04. The molecule has 190 valence electrons. The van der Waals surface area contributed by atoms with E-state index in [1.54, 1.807) is 4.68 Å². The Kier molecular flexibility index (Phi) is 8.03. The highest BCUT2D eigenvalue weighted by Gasteiger charge is 2.21. The van der Waals surface area contributed by atoms with Gasteiger partial charge in [0, 0.05) is 23.9 Å². The predicted octanol–water partition coefficient (Wildman–Crippen LogP) is 6.28. The van der Waals surface area contributed by atoms with Crippen molar-refractivity contribution < 1.29 is 9.59 Å². The molecule has 0 aliphatic rings. The number of rotatable bonds is 8. The summed E-state index contributed by atoms with van der Waals surface area (Å²) in [6, 6.07) is 26.9. The van der Waals surface area contributed by atoms with E-state index < -0.39 is 0 Å². The first kappa shape index (κ1) is 25.7. The van der Waals surface area contributed by atoms with Gasteiger partial charge in [0.15, 0.2) is 0 Å². The van der Waals surface area contributed by atoms with E-state index in [1.165, 1.54) is 4.90 Å². The molecule has 0 radical (unpaired) electrons. The predicted molar refractivity (Wildman–Crippen MR) is 149 cm³/mol. The number of anilines is 2. The molecule has 0 aliphatic heterocycles. The van der Waals surface area contributed by atoms with Crippen LogP contribution in [0.1, 0.15) is 25.0 Å². The van der Waals surface area contributed by atoms with Gasteiger partial charge in [-0.1, -0.05) is 74.0 Å². The average molecular weight is 496 g/mol. The van der Waals surface area contributed by atoms with Gasteiger partial charge < -0.3 is 15.5 Å². The minimum absolute atomic E-state index is 0.0877. The van der Waals surface area contributed by atoms with Gasteiger partial charge in [0.05, 0.1) is 11.4 Å². The highest BCUT2D eigenvalue weighted by atomic mass is 16.2. The molecule has 0 saturated carbocycles. The molecular formula is C30H33N5O2. The molecule has 4 aromatic rings. The quantitative estimate of drug-likeness (QED) is 0.302. The topological polar surface area (TPSA) is 79.3 Å². The van der Waals surface area contributed by atoms with Crippen molar-refractivity contribution in [2.45, 2.75) is 27.7 Å². The SMILES string of the molecule is Cc1ccc(-n2nc(-c3ccccc3)cc2NC(=O)CN(CC(C)C)C(=O)Nc2cccc(C)c2)cc1. The Morgan fingerprint density at radius 2 is 1.59 bits per heavy atom. The van der Waals surface area contributed by atoms with E-state index in [0.29, 0.717) is 18.1 Å². The Morgan fingerprint density at radius 1 is 0.865 bits per heavy atom. The number of carbonyl (C=O) groups is 2. The third-order valence-corrected chi connectivity index (χ3v) is 5.80. The molecule has 0 fully saturated rings. The summed E-state index contributed by atoms with van der Waals surface area (Å²) in [6.45, 7) is 8.38. The zero-order chi connectivity index (χ0) is 26.4. The summed E-state index contributed by atoms with van der Waals surface area (Å²) in [7, 11) is 0. The summed E-state index contributed by atoms with van der Waals surface area (Å²) in [5.74, 6) is 0.433. The number of benzene rings is 3. The maximum absolute atomic E-state index is 13.2. The van der Waals surface area contributed by atoms with Gasteiger partial charge in [-0.3, -0.25) is 4.79 Å². The summed E-state index contributed by atoms with van der Waals surface area (Å²) in [5, 5.41) is 10.7. The Balaban J connectivity index is 1.56. The Bertz CT molecular complexity index is 1360. The van der Waals surface area contributed by atoms with E-state index in [0.717, 1.165) is 28.1 Å². The van der Waals surface area contributed by atoms with Crippen LogP contribution in [0, 0.1) is 19.8 Å². The Hall–Kier alpha value is -4.39. The van der Waals surface area contributed by atoms with Gasteiger partial charge in [0.1, 0.15) is 12.4 Å². The summed E-state index contributed by atoms with van der Waals surface area (Å²) in [4.78, 5) is 27.8. The van der Waals surface area contributed by atoms with Gasteiger partial charge in [-0.15, -0.1) is 0 Å². The molecule has 7 nitrogen and oxygen atoms in total. The van der Waals surface area contributed by atoms with E-state index in [9.17, 15) is 9.59 Å². The van der Waals surface area contributed by atoms with E-state index in [-0.39, 0.29) is 24.4 Å². The van der Waals surface area contributed by atoms with Gasteiger partial charge >= 0.3 is 6.03 Å². The van der Waals surface area contributed by atoms with Gasteiger partial charge in [-0.2, -0.15) is 5.10 Å². The van der Waals surface area contributed by atoms with Gasteiger partial charge in [0.25, 0.3) is 0 Å². The first-order valence-electron chi connectivity index (χ1n) is 12.4. The van der Waals surface area contributed by atoms with E-state index in [2.05, 4.69) is 10.6 Å². The smallest absolute Gasteiger partial charge is 0.315 e. The first-order chi connectivity index (χ1) is 17.8. The first-order valence-corrected chi connectivity index (χ1v) is 12.4. The van der Waals surface area contributed by atoms with Gasteiger partial charge in [0.2, 0.25) is 5.91 Å². The largest absolute Gasteiger partial charge is 0.322 e. The van der Waals surface area contributed by atoms with Crippen LogP contribution in [0.25, 0.3) is 16.9 Å². The summed E-state index contributed by atoms with van der Waals surface area (Å²) < 4.78 is 1.72. The lowest BCUT2D eigenvalue weighted by Gasteiger charge is -2.24. The van der Waals surface area contributed by atoms with Crippen molar-refractivity contribution in [1.82, 2.24) is 14.7 Å². The molecule has 3 aromatic carbocycles. The number of hydrogen-bond acceptors (Lipinski definition) is 3. The Labute approximate surface area is 218 Å². The molecule has 3 amide bonds. The fourth-order valence-electron chi connectivity index (χ4n) is 4.04. The van der Waals surface area contributed by atoms with Crippen LogP contribution in [0.4, 0.5) is 16.3 Å². The zero-order valence-corrected chi connectivity index (χ0v) is 21.7. The molecule has 1 aromatic heterocycles. The molecule has 37 heavy (non-hydrogen) atoms. The molecule has 7 heteroatoms. The molecule has 0 saturated heterocycles. The zero-order valence-electron chi connectivity index (χ0n) is 21.7. The number of hydrogen-bond donors (Lipinski definition) is 2. The van der Waals surface area contributed by atoms with Crippen LogP contribution in [-0.2, 0) is 4.79 Å². The second-order valence-corrected chi connectivity index (χ2v) is 9.65. The monoisotopic (exact) mass is 495 g/mol. The molecule has 4 rings (SSSR count). The van der Waals surface area contributed by atoms with E-state index >= 15 is 0 Å². The van der Waals surface area contributed by atoms with Crippen molar-refractivity contribution in [2.24, 2.45) is 5.92 Å². The van der Waals surface area contributed by atoms with Crippen molar-refractivity contribution in [2.75, 3.05) is 23.7 Å². The molecule has 0 unspecified atom stereocenters. The maximum atomic E-state index is 13.2.